The molecule has 0 saturated carbocycles. The fourth-order valence-electron chi connectivity index (χ4n) is 2.13. The standard InChI is InChI=1S/C17H15N3O/c1-12-8-10-15(11-9-12)17-18-16(19-20(17)13(2)21)14-6-4-3-5-7-14/h3-11H,1-2H3. The predicted octanol–water partition coefficient (Wildman–Crippen LogP) is 3.58. The summed E-state index contributed by atoms with van der Waals surface area (Å²) in [7, 11) is 0. The molecule has 0 spiro atoms. The van der Waals surface area contributed by atoms with Crippen LogP contribution in [0.2, 0.25) is 0 Å². The molecule has 21 heavy (non-hydrogen) atoms. The van der Waals surface area contributed by atoms with E-state index in [0.717, 1.165) is 16.7 Å². The SMILES string of the molecule is CC(=O)n1nc(-c2ccccc2)nc1-c1ccc(C)cc1. The molecule has 3 aromatic rings. The van der Waals surface area contributed by atoms with Gasteiger partial charge in [-0.2, -0.15) is 4.68 Å². The van der Waals surface area contributed by atoms with Gasteiger partial charge >= 0.3 is 0 Å². The average molecular weight is 277 g/mol. The summed E-state index contributed by atoms with van der Waals surface area (Å²) in [5, 5.41) is 4.33. The molecule has 3 rings (SSSR count). The Morgan fingerprint density at radius 3 is 2.24 bits per heavy atom. The predicted molar refractivity (Wildman–Crippen MR) is 81.9 cm³/mol. The zero-order valence-electron chi connectivity index (χ0n) is 11.9. The molecule has 0 aliphatic carbocycles. The summed E-state index contributed by atoms with van der Waals surface area (Å²) < 4.78 is 1.35. The lowest BCUT2D eigenvalue weighted by Crippen LogP contribution is -2.09. The van der Waals surface area contributed by atoms with Crippen LogP contribution < -0.4 is 0 Å². The lowest BCUT2D eigenvalue weighted by molar-refractivity contribution is 0.0923. The number of benzene rings is 2. The first-order valence-electron chi connectivity index (χ1n) is 6.75. The topological polar surface area (TPSA) is 47.8 Å². The Balaban J connectivity index is 2.14. The number of aryl methyl sites for hydroxylation is 1. The van der Waals surface area contributed by atoms with Crippen LogP contribution in [0.15, 0.2) is 54.6 Å². The molecule has 0 aliphatic rings. The third kappa shape index (κ3) is 2.60. The summed E-state index contributed by atoms with van der Waals surface area (Å²) in [6.07, 6.45) is 0. The zero-order chi connectivity index (χ0) is 14.8. The van der Waals surface area contributed by atoms with Crippen molar-refractivity contribution >= 4 is 5.91 Å². The number of hydrogen-bond donors (Lipinski definition) is 0. The highest BCUT2D eigenvalue weighted by molar-refractivity contribution is 5.81. The van der Waals surface area contributed by atoms with E-state index >= 15 is 0 Å². The molecule has 1 aromatic heterocycles. The molecule has 0 amide bonds. The smallest absolute Gasteiger partial charge is 0.245 e. The van der Waals surface area contributed by atoms with Crippen LogP contribution in [0, 0.1) is 6.92 Å². The van der Waals surface area contributed by atoms with Crippen molar-refractivity contribution in [2.75, 3.05) is 0 Å². The molecular weight excluding hydrogens is 262 g/mol. The molecule has 0 radical (unpaired) electrons. The zero-order valence-corrected chi connectivity index (χ0v) is 11.9. The third-order valence-corrected chi connectivity index (χ3v) is 3.25. The van der Waals surface area contributed by atoms with E-state index < -0.39 is 0 Å². The number of carbonyl (C=O) groups excluding carboxylic acids is 1. The molecule has 1 heterocycles. The lowest BCUT2D eigenvalue weighted by atomic mass is 10.1. The molecule has 0 aliphatic heterocycles. The minimum Gasteiger partial charge on any atom is -0.273 e. The van der Waals surface area contributed by atoms with Crippen molar-refractivity contribution in [3.05, 3.63) is 60.2 Å². The van der Waals surface area contributed by atoms with Crippen LogP contribution >= 0.6 is 0 Å². The number of aromatic nitrogens is 3. The minimum atomic E-state index is -0.153. The quantitative estimate of drug-likeness (QED) is 0.719. The Hall–Kier alpha value is -2.75. The van der Waals surface area contributed by atoms with Crippen LogP contribution in [0.25, 0.3) is 22.8 Å². The maximum atomic E-state index is 11.8. The van der Waals surface area contributed by atoms with Crippen molar-refractivity contribution in [3.63, 3.8) is 0 Å². The first-order chi connectivity index (χ1) is 10.1. The van der Waals surface area contributed by atoms with E-state index in [0.29, 0.717) is 11.6 Å². The van der Waals surface area contributed by atoms with Gasteiger partial charge in [0.1, 0.15) is 0 Å². The monoisotopic (exact) mass is 277 g/mol. The van der Waals surface area contributed by atoms with Crippen molar-refractivity contribution in [3.8, 4) is 22.8 Å². The van der Waals surface area contributed by atoms with Gasteiger partial charge < -0.3 is 0 Å². The summed E-state index contributed by atoms with van der Waals surface area (Å²) in [4.78, 5) is 16.3. The van der Waals surface area contributed by atoms with Gasteiger partial charge in [-0.15, -0.1) is 5.10 Å². The largest absolute Gasteiger partial charge is 0.273 e. The molecule has 2 aromatic carbocycles. The van der Waals surface area contributed by atoms with Crippen LogP contribution in [-0.4, -0.2) is 20.7 Å². The van der Waals surface area contributed by atoms with Crippen molar-refractivity contribution in [2.24, 2.45) is 0 Å². The molecule has 4 heteroatoms. The first kappa shape index (κ1) is 13.2. The van der Waals surface area contributed by atoms with Gasteiger partial charge in [-0.05, 0) is 6.92 Å². The molecule has 104 valence electrons. The second kappa shape index (κ2) is 5.32. The average Bonchev–Trinajstić information content (AvgIpc) is 2.94. The van der Waals surface area contributed by atoms with Gasteiger partial charge in [0, 0.05) is 18.1 Å². The van der Waals surface area contributed by atoms with E-state index in [9.17, 15) is 4.79 Å². The second-order valence-electron chi connectivity index (χ2n) is 4.92. The molecule has 0 N–H and O–H groups in total. The third-order valence-electron chi connectivity index (χ3n) is 3.25. The van der Waals surface area contributed by atoms with Crippen LogP contribution in [0.3, 0.4) is 0 Å². The van der Waals surface area contributed by atoms with Gasteiger partial charge in [0.05, 0.1) is 0 Å². The highest BCUT2D eigenvalue weighted by atomic mass is 16.2. The van der Waals surface area contributed by atoms with Crippen LogP contribution in [0.4, 0.5) is 0 Å². The maximum absolute atomic E-state index is 11.8. The molecule has 4 nitrogen and oxygen atoms in total. The van der Waals surface area contributed by atoms with E-state index in [2.05, 4.69) is 10.1 Å². The van der Waals surface area contributed by atoms with Crippen molar-refractivity contribution in [1.82, 2.24) is 14.8 Å². The number of carbonyl (C=O) groups is 1. The molecule has 0 atom stereocenters. The minimum absolute atomic E-state index is 0.153. The van der Waals surface area contributed by atoms with Gasteiger partial charge in [0.2, 0.25) is 5.91 Å². The molecule has 0 unspecified atom stereocenters. The van der Waals surface area contributed by atoms with Crippen LogP contribution in [-0.2, 0) is 0 Å². The number of hydrogen-bond acceptors (Lipinski definition) is 3. The fraction of sp³-hybridized carbons (Fsp3) is 0.118. The molecule has 0 bridgehead atoms. The lowest BCUT2D eigenvalue weighted by Gasteiger charge is -2.01. The Bertz CT molecular complexity index is 774. The highest BCUT2D eigenvalue weighted by Crippen LogP contribution is 2.22. The molecule has 0 fully saturated rings. The van der Waals surface area contributed by atoms with Crippen LogP contribution in [0.1, 0.15) is 17.3 Å². The molecular formula is C17H15N3O. The molecule has 0 saturated heterocycles. The van der Waals surface area contributed by atoms with Gasteiger partial charge in [-0.1, -0.05) is 60.2 Å². The fourth-order valence-corrected chi connectivity index (χ4v) is 2.13. The summed E-state index contributed by atoms with van der Waals surface area (Å²) >= 11 is 0. The van der Waals surface area contributed by atoms with Crippen molar-refractivity contribution in [1.29, 1.82) is 0 Å². The Labute approximate surface area is 123 Å². The van der Waals surface area contributed by atoms with Gasteiger partial charge in [0.15, 0.2) is 11.6 Å². The van der Waals surface area contributed by atoms with Gasteiger partial charge in [0.25, 0.3) is 0 Å². The summed E-state index contributed by atoms with van der Waals surface area (Å²) in [6, 6.07) is 17.5. The normalized spacial score (nSPS) is 10.6. The summed E-state index contributed by atoms with van der Waals surface area (Å²) in [6.45, 7) is 3.51. The Kier molecular flexibility index (Phi) is 3.36. The van der Waals surface area contributed by atoms with E-state index in [1.54, 1.807) is 0 Å². The maximum Gasteiger partial charge on any atom is 0.245 e. The number of rotatable bonds is 2. The van der Waals surface area contributed by atoms with Gasteiger partial charge in [-0.25, -0.2) is 4.98 Å². The van der Waals surface area contributed by atoms with E-state index in [1.807, 2.05) is 61.5 Å². The number of nitrogens with zero attached hydrogens (tertiary/aromatic N) is 3. The van der Waals surface area contributed by atoms with Crippen molar-refractivity contribution < 1.29 is 4.79 Å². The van der Waals surface area contributed by atoms with E-state index in [1.165, 1.54) is 11.6 Å². The second-order valence-corrected chi connectivity index (χ2v) is 4.92. The van der Waals surface area contributed by atoms with Crippen LogP contribution in [0.5, 0.6) is 0 Å². The summed E-state index contributed by atoms with van der Waals surface area (Å²) in [5.74, 6) is 0.975. The van der Waals surface area contributed by atoms with Crippen molar-refractivity contribution in [2.45, 2.75) is 13.8 Å². The summed E-state index contributed by atoms with van der Waals surface area (Å²) in [5.41, 5.74) is 2.94. The van der Waals surface area contributed by atoms with E-state index in [-0.39, 0.29) is 5.91 Å². The van der Waals surface area contributed by atoms with E-state index in [4.69, 9.17) is 0 Å². The van der Waals surface area contributed by atoms with Gasteiger partial charge in [-0.3, -0.25) is 4.79 Å². The Morgan fingerprint density at radius 2 is 1.62 bits per heavy atom. The first-order valence-corrected chi connectivity index (χ1v) is 6.75. The Morgan fingerprint density at radius 1 is 0.952 bits per heavy atom. The highest BCUT2D eigenvalue weighted by Gasteiger charge is 2.15.